The number of amides is 1. The largest absolute Gasteiger partial charge is 0.507 e. The van der Waals surface area contributed by atoms with E-state index in [1.165, 1.54) is 0 Å². The number of thiophene rings is 1. The maximum absolute atomic E-state index is 12.0. The third-order valence-electron chi connectivity index (χ3n) is 4.28. The maximum Gasteiger partial charge on any atom is 0.225 e. The van der Waals surface area contributed by atoms with Crippen molar-refractivity contribution in [1.82, 2.24) is 19.9 Å². The summed E-state index contributed by atoms with van der Waals surface area (Å²) in [6, 6.07) is 12.8. The summed E-state index contributed by atoms with van der Waals surface area (Å²) in [5.41, 5.74) is 1.89. The normalized spacial score (nSPS) is 10.9. The molecule has 29 heavy (non-hydrogen) atoms. The van der Waals surface area contributed by atoms with Crippen LogP contribution in [0.5, 0.6) is 5.75 Å². The quantitative estimate of drug-likeness (QED) is 0.357. The summed E-state index contributed by atoms with van der Waals surface area (Å²) in [4.78, 5) is 17.7. The molecule has 3 aromatic heterocycles. The van der Waals surface area contributed by atoms with Gasteiger partial charge in [-0.3, -0.25) is 4.79 Å². The highest BCUT2D eigenvalue weighted by atomic mass is 79.9. The number of phenols is 1. The van der Waals surface area contributed by atoms with Crippen LogP contribution in [0.4, 0.5) is 5.82 Å². The van der Waals surface area contributed by atoms with Crippen LogP contribution in [-0.2, 0) is 11.2 Å². The molecule has 0 unspecified atom stereocenters. The summed E-state index contributed by atoms with van der Waals surface area (Å²) < 4.78 is 2.43. The Hall–Kier alpha value is -2.91. The molecule has 4 aromatic rings. The molecule has 1 aromatic carbocycles. The number of anilines is 1. The summed E-state index contributed by atoms with van der Waals surface area (Å²) in [5.74, 6) is 0.865. The van der Waals surface area contributed by atoms with Crippen LogP contribution in [-0.4, -0.2) is 38.7 Å². The van der Waals surface area contributed by atoms with Crippen LogP contribution in [0.1, 0.15) is 4.88 Å². The van der Waals surface area contributed by atoms with Crippen LogP contribution in [0.25, 0.3) is 16.9 Å². The van der Waals surface area contributed by atoms with E-state index in [1.54, 1.807) is 34.2 Å². The Morgan fingerprint density at radius 1 is 1.21 bits per heavy atom. The van der Waals surface area contributed by atoms with Gasteiger partial charge in [0.2, 0.25) is 5.91 Å². The van der Waals surface area contributed by atoms with Crippen LogP contribution in [0, 0.1) is 0 Å². The molecule has 1 amide bonds. The first-order chi connectivity index (χ1) is 14.1. The Kier molecular flexibility index (Phi) is 5.77. The van der Waals surface area contributed by atoms with Gasteiger partial charge in [-0.2, -0.15) is 9.61 Å². The molecule has 0 aliphatic carbocycles. The van der Waals surface area contributed by atoms with Gasteiger partial charge in [-0.25, -0.2) is 4.98 Å². The van der Waals surface area contributed by atoms with E-state index in [4.69, 9.17) is 0 Å². The number of nitrogens with zero attached hydrogens (tertiary/aromatic N) is 3. The highest BCUT2D eigenvalue weighted by Gasteiger charge is 2.13. The smallest absolute Gasteiger partial charge is 0.225 e. The van der Waals surface area contributed by atoms with Crippen LogP contribution >= 0.6 is 27.3 Å². The number of aromatic nitrogens is 3. The average molecular weight is 472 g/mol. The third-order valence-corrected chi connectivity index (χ3v) is 5.71. The minimum Gasteiger partial charge on any atom is -0.507 e. The topological polar surface area (TPSA) is 91.5 Å². The molecule has 0 atom stereocenters. The molecular weight excluding hydrogens is 454 g/mol. The molecule has 4 rings (SSSR count). The van der Waals surface area contributed by atoms with E-state index in [2.05, 4.69) is 36.6 Å². The Morgan fingerprint density at radius 2 is 2.07 bits per heavy atom. The third kappa shape index (κ3) is 4.41. The van der Waals surface area contributed by atoms with Crippen molar-refractivity contribution < 1.29 is 9.90 Å². The SMILES string of the molecule is O=C(Cc1cccs1)NCCNc1cc(-c2ccccc2O)nc2c(Br)cnn12. The van der Waals surface area contributed by atoms with E-state index >= 15 is 0 Å². The van der Waals surface area contributed by atoms with Gasteiger partial charge in [0.15, 0.2) is 5.65 Å². The standard InChI is InChI=1S/C20H18BrN5O2S/c21-15-12-24-26-18(22-7-8-23-19(28)10-13-4-3-9-29-13)11-16(25-20(15)26)14-5-1-2-6-17(14)27/h1-6,9,11-12,22,27H,7-8,10H2,(H,23,28). The van der Waals surface area contributed by atoms with Crippen molar-refractivity contribution in [2.24, 2.45) is 0 Å². The number of fused-ring (bicyclic) bond motifs is 1. The Labute approximate surface area is 179 Å². The van der Waals surface area contributed by atoms with Gasteiger partial charge in [0.25, 0.3) is 0 Å². The molecule has 3 heterocycles. The maximum atomic E-state index is 12.0. The fourth-order valence-corrected chi connectivity index (χ4v) is 3.97. The Bertz CT molecular complexity index is 1140. The van der Waals surface area contributed by atoms with Gasteiger partial charge in [0.05, 0.1) is 22.8 Å². The van der Waals surface area contributed by atoms with Crippen LogP contribution < -0.4 is 10.6 Å². The lowest BCUT2D eigenvalue weighted by molar-refractivity contribution is -0.120. The van der Waals surface area contributed by atoms with Gasteiger partial charge in [-0.05, 0) is 39.5 Å². The average Bonchev–Trinajstić information content (AvgIpc) is 3.35. The first-order valence-corrected chi connectivity index (χ1v) is 10.6. The van der Waals surface area contributed by atoms with Gasteiger partial charge in [0.1, 0.15) is 11.6 Å². The van der Waals surface area contributed by atoms with Crippen molar-refractivity contribution in [3.05, 3.63) is 63.4 Å². The van der Waals surface area contributed by atoms with Crippen molar-refractivity contribution in [2.45, 2.75) is 6.42 Å². The molecule has 0 fully saturated rings. The fraction of sp³-hybridized carbons (Fsp3) is 0.150. The van der Waals surface area contributed by atoms with Crippen molar-refractivity contribution in [2.75, 3.05) is 18.4 Å². The zero-order valence-electron chi connectivity index (χ0n) is 15.3. The molecule has 7 nitrogen and oxygen atoms in total. The number of carbonyl (C=O) groups is 1. The predicted molar refractivity (Wildman–Crippen MR) is 117 cm³/mol. The lowest BCUT2D eigenvalue weighted by atomic mass is 10.1. The Morgan fingerprint density at radius 3 is 2.86 bits per heavy atom. The fourth-order valence-electron chi connectivity index (χ4n) is 2.92. The number of aromatic hydroxyl groups is 1. The summed E-state index contributed by atoms with van der Waals surface area (Å²) in [5, 5.41) is 22.7. The van der Waals surface area contributed by atoms with Crippen LogP contribution in [0.15, 0.2) is 58.5 Å². The van der Waals surface area contributed by atoms with Crippen LogP contribution in [0.3, 0.4) is 0 Å². The van der Waals surface area contributed by atoms with E-state index < -0.39 is 0 Å². The van der Waals surface area contributed by atoms with E-state index in [-0.39, 0.29) is 11.7 Å². The number of carbonyl (C=O) groups excluding carboxylic acids is 1. The number of nitrogens with one attached hydrogen (secondary N) is 2. The number of hydrogen-bond donors (Lipinski definition) is 3. The highest BCUT2D eigenvalue weighted by molar-refractivity contribution is 9.10. The number of rotatable bonds is 7. The lowest BCUT2D eigenvalue weighted by Crippen LogP contribution is -2.30. The molecule has 0 aliphatic rings. The van der Waals surface area contributed by atoms with Gasteiger partial charge in [-0.1, -0.05) is 18.2 Å². The molecule has 0 saturated carbocycles. The first-order valence-electron chi connectivity index (χ1n) is 8.97. The molecule has 0 radical (unpaired) electrons. The molecular formula is C20H18BrN5O2S. The monoisotopic (exact) mass is 471 g/mol. The molecule has 9 heteroatoms. The second-order valence-corrected chi connectivity index (χ2v) is 8.19. The number of phenolic OH excluding ortho intramolecular Hbond substituents is 1. The molecule has 0 spiro atoms. The molecule has 0 bridgehead atoms. The minimum atomic E-state index is -0.00847. The van der Waals surface area contributed by atoms with E-state index in [9.17, 15) is 9.90 Å². The molecule has 0 aliphatic heterocycles. The molecule has 148 valence electrons. The van der Waals surface area contributed by atoms with E-state index in [0.29, 0.717) is 42.2 Å². The minimum absolute atomic E-state index is 0.00847. The van der Waals surface area contributed by atoms with Crippen molar-refractivity contribution in [3.63, 3.8) is 0 Å². The second kappa shape index (κ2) is 8.62. The van der Waals surface area contributed by atoms with Gasteiger partial charge in [0, 0.05) is 29.6 Å². The van der Waals surface area contributed by atoms with E-state index in [0.717, 1.165) is 9.35 Å². The van der Waals surface area contributed by atoms with E-state index in [1.807, 2.05) is 35.7 Å². The zero-order valence-corrected chi connectivity index (χ0v) is 17.7. The summed E-state index contributed by atoms with van der Waals surface area (Å²) in [6.07, 6.45) is 2.06. The zero-order chi connectivity index (χ0) is 20.2. The summed E-state index contributed by atoms with van der Waals surface area (Å²) >= 11 is 5.04. The predicted octanol–water partition coefficient (Wildman–Crippen LogP) is 3.70. The first kappa shape index (κ1) is 19.4. The molecule has 3 N–H and O–H groups in total. The lowest BCUT2D eigenvalue weighted by Gasteiger charge is -2.12. The number of hydrogen-bond acceptors (Lipinski definition) is 6. The van der Waals surface area contributed by atoms with Gasteiger partial charge in [-0.15, -0.1) is 11.3 Å². The van der Waals surface area contributed by atoms with Crippen molar-refractivity contribution in [3.8, 4) is 17.0 Å². The van der Waals surface area contributed by atoms with Gasteiger partial charge >= 0.3 is 0 Å². The van der Waals surface area contributed by atoms with Crippen molar-refractivity contribution in [1.29, 1.82) is 0 Å². The van der Waals surface area contributed by atoms with Crippen molar-refractivity contribution >= 4 is 44.6 Å². The van der Waals surface area contributed by atoms with Gasteiger partial charge < -0.3 is 15.7 Å². The summed E-state index contributed by atoms with van der Waals surface area (Å²) in [6.45, 7) is 0.995. The Balaban J connectivity index is 1.48. The molecule has 0 saturated heterocycles. The number of benzene rings is 1. The summed E-state index contributed by atoms with van der Waals surface area (Å²) in [7, 11) is 0. The highest BCUT2D eigenvalue weighted by Crippen LogP contribution is 2.30. The second-order valence-electron chi connectivity index (χ2n) is 6.30. The number of halogens is 1. The van der Waals surface area contributed by atoms with Crippen LogP contribution in [0.2, 0.25) is 0 Å². The number of para-hydroxylation sites is 1.